The molecule has 2 fully saturated rings. The minimum atomic E-state index is -1.66. The van der Waals surface area contributed by atoms with Gasteiger partial charge in [0, 0.05) is 0 Å². The fourth-order valence-electron chi connectivity index (χ4n) is 5.94. The van der Waals surface area contributed by atoms with Gasteiger partial charge in [0.15, 0.2) is 0 Å². The maximum absolute atomic E-state index is 4.89. The van der Waals surface area contributed by atoms with Gasteiger partial charge in [0.05, 0.1) is 0 Å². The van der Waals surface area contributed by atoms with Crippen molar-refractivity contribution in [2.45, 2.75) is 66.6 Å². The Kier molecular flexibility index (Phi) is 12.6. The van der Waals surface area contributed by atoms with E-state index in [2.05, 4.69) is 82.0 Å². The predicted octanol–water partition coefficient (Wildman–Crippen LogP) is 8.41. The van der Waals surface area contributed by atoms with E-state index in [9.17, 15) is 0 Å². The van der Waals surface area contributed by atoms with Crippen molar-refractivity contribution in [1.29, 1.82) is 0 Å². The van der Waals surface area contributed by atoms with Gasteiger partial charge in [-0.2, -0.15) is 0 Å². The molecule has 1 saturated heterocycles. The molecule has 1 saturated carbocycles. The molecule has 1 heterocycles. The molecule has 1 aliphatic heterocycles. The average Bonchev–Trinajstić information content (AvgIpc) is 3.09. The average molecular weight is 521 g/mol. The first-order valence-electron chi connectivity index (χ1n) is 11.5. The van der Waals surface area contributed by atoms with Crippen LogP contribution in [0.4, 0.5) is 0 Å². The first-order chi connectivity index (χ1) is 14.1. The molecule has 4 atom stereocenters. The first kappa shape index (κ1) is 29.9. The van der Waals surface area contributed by atoms with Gasteiger partial charge in [-0.3, -0.25) is 6.67 Å². The summed E-state index contributed by atoms with van der Waals surface area (Å²) in [5.74, 6) is 4.28. The van der Waals surface area contributed by atoms with Crippen LogP contribution in [-0.4, -0.2) is 32.8 Å². The van der Waals surface area contributed by atoms with E-state index < -0.39 is 25.3 Å². The van der Waals surface area contributed by atoms with Crippen molar-refractivity contribution >= 4 is 26.8 Å². The second-order valence-corrected chi connectivity index (χ2v) is 17.8. The maximum atomic E-state index is 4.89. The van der Waals surface area contributed by atoms with Crippen LogP contribution in [0.25, 0.3) is 10.6 Å². The van der Waals surface area contributed by atoms with Crippen LogP contribution >= 0.6 is 18.6 Å². The van der Waals surface area contributed by atoms with E-state index in [1.807, 2.05) is 0 Å². The Morgan fingerprint density at radius 2 is 1.58 bits per heavy atom. The monoisotopic (exact) mass is 520 g/mol. The Labute approximate surface area is 210 Å². The number of fused-ring (bicyclic) bond motifs is 1. The van der Waals surface area contributed by atoms with E-state index in [1.54, 1.807) is 11.1 Å². The molecule has 4 unspecified atom stereocenters. The third-order valence-corrected chi connectivity index (χ3v) is 11.9. The van der Waals surface area contributed by atoms with Crippen LogP contribution in [0.3, 0.4) is 0 Å². The molecule has 2 aliphatic carbocycles. The van der Waals surface area contributed by atoms with Crippen molar-refractivity contribution in [3.05, 3.63) is 41.4 Å². The molecule has 0 aromatic carbocycles. The number of rotatable bonds is 5. The van der Waals surface area contributed by atoms with Crippen LogP contribution in [0.15, 0.2) is 23.3 Å². The molecule has 3 rings (SSSR count). The van der Waals surface area contributed by atoms with Gasteiger partial charge in [0.25, 0.3) is 0 Å². The molecule has 0 N–H and O–H groups in total. The van der Waals surface area contributed by atoms with Crippen molar-refractivity contribution in [2.24, 2.45) is 35.5 Å². The van der Waals surface area contributed by atoms with E-state index in [4.69, 9.17) is 18.6 Å². The molecular weight excluding hydrogens is 477 g/mol. The zero-order valence-corrected chi connectivity index (χ0v) is 25.2. The third kappa shape index (κ3) is 6.94. The van der Waals surface area contributed by atoms with Crippen LogP contribution in [0.2, 0.25) is 18.6 Å². The second kappa shape index (κ2) is 13.1. The topological polar surface area (TPSA) is 31.4 Å². The molecule has 3 nitrogen and oxygen atoms in total. The predicted molar refractivity (Wildman–Crippen MR) is 138 cm³/mol. The Morgan fingerprint density at radius 1 is 1.03 bits per heavy atom. The summed E-state index contributed by atoms with van der Waals surface area (Å²) in [6, 6.07) is 0. The number of allylic oxidation sites excluding steroid dienone is 4. The molecule has 0 amide bonds. The van der Waals surface area contributed by atoms with Crippen molar-refractivity contribution in [3.63, 3.8) is 0 Å². The fourth-order valence-corrected chi connectivity index (χ4v) is 10.1. The molecule has 176 valence electrons. The summed E-state index contributed by atoms with van der Waals surface area (Å²) in [6.45, 7) is 22.1. The number of hydrogen-bond acceptors (Lipinski definition) is 1. The van der Waals surface area contributed by atoms with Crippen molar-refractivity contribution in [2.75, 3.05) is 20.0 Å². The summed E-state index contributed by atoms with van der Waals surface area (Å²) < 4.78 is 2.66. The van der Waals surface area contributed by atoms with Crippen molar-refractivity contribution in [1.82, 2.24) is 4.57 Å². The Bertz CT molecular complexity index is 616. The molecule has 7 heteroatoms. The van der Waals surface area contributed by atoms with Gasteiger partial charge in [-0.05, 0) is 53.0 Å². The first-order valence-corrected chi connectivity index (χ1v) is 18.8. The summed E-state index contributed by atoms with van der Waals surface area (Å²) in [6.07, 6.45) is 6.63. The Morgan fingerprint density at radius 3 is 2.03 bits per heavy atom. The van der Waals surface area contributed by atoms with E-state index in [-0.39, 0.29) is 7.43 Å². The zero-order chi connectivity index (χ0) is 22.6. The van der Waals surface area contributed by atoms with Crippen LogP contribution in [-0.2, 0) is 17.0 Å². The summed E-state index contributed by atoms with van der Waals surface area (Å²) in [5, 5.41) is 9.25. The molecule has 3 aliphatic rings. The molecule has 0 bridgehead atoms. The third-order valence-electron chi connectivity index (χ3n) is 7.57. The van der Waals surface area contributed by atoms with Crippen molar-refractivity contribution in [3.8, 4) is 0 Å². The van der Waals surface area contributed by atoms with E-state index in [0.29, 0.717) is 24.4 Å². The molecule has 0 spiro atoms. The van der Waals surface area contributed by atoms with Crippen LogP contribution in [0.5, 0.6) is 0 Å². The molecule has 0 aromatic rings. The summed E-state index contributed by atoms with van der Waals surface area (Å²) in [4.78, 5) is 0. The minimum absolute atomic E-state index is 0. The Hall–Kier alpha value is 0.871. The molecule has 0 aromatic heterocycles. The van der Waals surface area contributed by atoms with E-state index in [1.165, 1.54) is 6.42 Å². The Balaban J connectivity index is 0.00000113. The van der Waals surface area contributed by atoms with Gasteiger partial charge >= 0.3 is 35.6 Å². The van der Waals surface area contributed by atoms with Crippen LogP contribution in [0.1, 0.15) is 48.0 Å². The normalized spacial score (nSPS) is 29.3. The summed E-state index contributed by atoms with van der Waals surface area (Å²) in [5.41, 5.74) is 4.09. The van der Waals surface area contributed by atoms with E-state index >= 15 is 0 Å². The summed E-state index contributed by atoms with van der Waals surface area (Å²) in [7, 11) is 8.12. The SMILES string of the molecule is CC(C)C1=CC2C(CC(C(C)C)C2[Si](C)(C)N2C[N-]C[N-]C2)C(C(C)C)=C1.[CH3-].[Cl][Ti+4][Cl]. The summed E-state index contributed by atoms with van der Waals surface area (Å²) >= 11 is -0.556. The molecular formula is C24H44Cl2N3SiTi+. The van der Waals surface area contributed by atoms with Gasteiger partial charge in [-0.15, -0.1) is 13.3 Å². The fraction of sp³-hybridized carbons (Fsp3) is 0.792. The molecule has 0 radical (unpaired) electrons. The number of halogens is 2. The van der Waals surface area contributed by atoms with Crippen molar-refractivity contribution < 1.29 is 17.0 Å². The van der Waals surface area contributed by atoms with Gasteiger partial charge in [-0.1, -0.05) is 72.4 Å². The standard InChI is InChI=1S/C23H41N3Si.CH3.2ClH.Ti/c1-15(2)18-9-19(16(3)4)21-11-20(17(5)6)23(22(21)10-18)27(7,8)26-13-24-12-25-14-26;;;;/h9-10,15-17,20-23H,11-14H2,1-8H3;1H3;2*1H;/q-2;-1;;;+6/p-2. The van der Waals surface area contributed by atoms with Gasteiger partial charge < -0.3 is 22.6 Å². The number of nitrogens with zero attached hydrogens (tertiary/aromatic N) is 3. The zero-order valence-electron chi connectivity index (χ0n) is 21.1. The van der Waals surface area contributed by atoms with E-state index in [0.717, 1.165) is 36.6 Å². The van der Waals surface area contributed by atoms with Gasteiger partial charge in [0.2, 0.25) is 0 Å². The van der Waals surface area contributed by atoms with Crippen LogP contribution < -0.4 is 0 Å². The van der Waals surface area contributed by atoms with Gasteiger partial charge in [-0.25, -0.2) is 0 Å². The quantitative estimate of drug-likeness (QED) is 0.264. The molecule has 31 heavy (non-hydrogen) atoms. The second-order valence-electron chi connectivity index (χ2n) is 10.6. The van der Waals surface area contributed by atoms with Gasteiger partial charge in [0.1, 0.15) is 8.24 Å². The van der Waals surface area contributed by atoms with Crippen LogP contribution in [0, 0.1) is 42.9 Å². The number of hydrogen-bond donors (Lipinski definition) is 0.